The van der Waals surface area contributed by atoms with Crippen molar-refractivity contribution in [3.63, 3.8) is 0 Å². The van der Waals surface area contributed by atoms with Crippen molar-refractivity contribution in [1.29, 1.82) is 0 Å². The summed E-state index contributed by atoms with van der Waals surface area (Å²) in [5.74, 6) is -3.16. The van der Waals surface area contributed by atoms with E-state index < -0.39 is 29.6 Å². The predicted molar refractivity (Wildman–Crippen MR) is 135 cm³/mol. The number of carboxylic acid groups (broad SMARTS) is 1. The van der Waals surface area contributed by atoms with Gasteiger partial charge in [-0.3, -0.25) is 14.7 Å². The Hall–Kier alpha value is -3.22. The molecule has 12 heteroatoms. The zero-order valence-electron chi connectivity index (χ0n) is 20.9. The number of amidine groups is 1. The molecule has 2 saturated heterocycles. The standard InChI is InChI=1S/C26H28F2N4O5S/c1-3-37-26(35)21-18(10-32-15-8-14(9-20(33)34)19(32)12-36-11-15)30-24(25-29-6-7-38-25)31-23(21)16-4-5-17(27)22(28)13(16)2/h4-7,14-15,19,23H,3,8-12H2,1-2H3,(H,30,31)(H,33,34)/t14-,15-,19-,23+/m1/s1. The molecule has 3 aliphatic rings. The Morgan fingerprint density at radius 2 is 2.13 bits per heavy atom. The number of aromatic nitrogens is 1. The second kappa shape index (κ2) is 10.9. The van der Waals surface area contributed by atoms with Crippen LogP contribution in [0.25, 0.3) is 0 Å². The van der Waals surface area contributed by atoms with Gasteiger partial charge in [-0.1, -0.05) is 6.07 Å². The molecule has 3 aliphatic heterocycles. The second-order valence-corrected chi connectivity index (χ2v) is 10.4. The number of aliphatic imine (C=N–C) groups is 1. The number of carbonyl (C=O) groups excluding carboxylic acids is 1. The summed E-state index contributed by atoms with van der Waals surface area (Å²) in [5.41, 5.74) is 1.09. The zero-order valence-corrected chi connectivity index (χ0v) is 21.8. The number of hydrogen-bond acceptors (Lipinski definition) is 9. The van der Waals surface area contributed by atoms with Gasteiger partial charge in [0, 0.05) is 42.3 Å². The highest BCUT2D eigenvalue weighted by Crippen LogP contribution is 2.39. The molecule has 4 heterocycles. The first-order valence-corrected chi connectivity index (χ1v) is 13.3. The fourth-order valence-electron chi connectivity index (χ4n) is 5.58. The van der Waals surface area contributed by atoms with E-state index in [-0.39, 0.29) is 48.7 Å². The number of carbonyl (C=O) groups is 2. The van der Waals surface area contributed by atoms with Crippen molar-refractivity contribution in [1.82, 2.24) is 15.2 Å². The molecule has 0 saturated carbocycles. The Morgan fingerprint density at radius 3 is 2.84 bits per heavy atom. The lowest BCUT2D eigenvalue weighted by Gasteiger charge is -2.38. The van der Waals surface area contributed by atoms with Gasteiger partial charge in [-0.2, -0.15) is 0 Å². The monoisotopic (exact) mass is 546 g/mol. The SMILES string of the molecule is CCOC(=O)C1=C(CN2[C@H]3COC[C@@H]2[C@@H](CC(=O)O)C3)NC(c2nccs2)=N[C@H]1c1ccc(F)c(F)c1C. The van der Waals surface area contributed by atoms with Gasteiger partial charge in [-0.05, 0) is 43.4 Å². The largest absolute Gasteiger partial charge is 0.481 e. The lowest BCUT2D eigenvalue weighted by Crippen LogP contribution is -2.50. The predicted octanol–water partition coefficient (Wildman–Crippen LogP) is 3.20. The van der Waals surface area contributed by atoms with Crippen LogP contribution >= 0.6 is 11.3 Å². The molecule has 9 nitrogen and oxygen atoms in total. The van der Waals surface area contributed by atoms with Crippen molar-refractivity contribution in [2.75, 3.05) is 26.4 Å². The first-order valence-electron chi connectivity index (χ1n) is 12.4. The molecule has 0 aliphatic carbocycles. The van der Waals surface area contributed by atoms with E-state index in [2.05, 4.69) is 15.2 Å². The van der Waals surface area contributed by atoms with E-state index in [0.29, 0.717) is 41.7 Å². The number of nitrogens with zero attached hydrogens (tertiary/aromatic N) is 3. The highest BCUT2D eigenvalue weighted by atomic mass is 32.1. The molecule has 202 valence electrons. The van der Waals surface area contributed by atoms with Gasteiger partial charge in [0.25, 0.3) is 0 Å². The molecule has 0 unspecified atom stereocenters. The number of halogens is 2. The number of rotatable bonds is 8. The molecule has 1 aromatic heterocycles. The Morgan fingerprint density at radius 1 is 1.32 bits per heavy atom. The van der Waals surface area contributed by atoms with Crippen LogP contribution in [0.4, 0.5) is 8.78 Å². The maximum Gasteiger partial charge on any atom is 0.338 e. The van der Waals surface area contributed by atoms with Gasteiger partial charge >= 0.3 is 11.9 Å². The molecular formula is C26H28F2N4O5S. The van der Waals surface area contributed by atoms with Crippen LogP contribution in [0.1, 0.15) is 41.9 Å². The number of ether oxygens (including phenoxy) is 2. The number of nitrogens with one attached hydrogen (secondary N) is 1. The summed E-state index contributed by atoms with van der Waals surface area (Å²) in [6, 6.07) is 1.33. The molecular weight excluding hydrogens is 518 g/mol. The van der Waals surface area contributed by atoms with E-state index in [4.69, 9.17) is 14.5 Å². The molecule has 4 atom stereocenters. The van der Waals surface area contributed by atoms with Crippen molar-refractivity contribution in [3.8, 4) is 0 Å². The molecule has 38 heavy (non-hydrogen) atoms. The van der Waals surface area contributed by atoms with Crippen LogP contribution in [0.15, 0.2) is 40.0 Å². The van der Waals surface area contributed by atoms with Gasteiger partial charge in [-0.15, -0.1) is 11.3 Å². The third-order valence-corrected chi connectivity index (χ3v) is 8.10. The van der Waals surface area contributed by atoms with Crippen molar-refractivity contribution < 1.29 is 33.0 Å². The lowest BCUT2D eigenvalue weighted by molar-refractivity contribution is -0.139. The molecule has 0 spiro atoms. The van der Waals surface area contributed by atoms with E-state index in [0.717, 1.165) is 6.07 Å². The van der Waals surface area contributed by atoms with Crippen LogP contribution in [0.2, 0.25) is 0 Å². The van der Waals surface area contributed by atoms with Gasteiger partial charge in [0.2, 0.25) is 0 Å². The minimum atomic E-state index is -1.00. The van der Waals surface area contributed by atoms with E-state index in [1.54, 1.807) is 18.5 Å². The fraction of sp³-hybridized carbons (Fsp3) is 0.462. The van der Waals surface area contributed by atoms with Gasteiger partial charge in [0.15, 0.2) is 22.5 Å². The maximum atomic E-state index is 14.7. The number of carboxylic acids is 1. The Labute approximate surface area is 222 Å². The minimum absolute atomic E-state index is 0.0264. The average molecular weight is 547 g/mol. The summed E-state index contributed by atoms with van der Waals surface area (Å²) in [4.78, 5) is 36.1. The number of esters is 1. The van der Waals surface area contributed by atoms with Crippen molar-refractivity contribution in [2.45, 2.75) is 44.8 Å². The van der Waals surface area contributed by atoms with Crippen molar-refractivity contribution in [3.05, 3.63) is 62.7 Å². The molecule has 0 radical (unpaired) electrons. The summed E-state index contributed by atoms with van der Waals surface area (Å²) in [7, 11) is 0. The Bertz CT molecular complexity index is 1300. The number of thiazole rings is 1. The van der Waals surface area contributed by atoms with E-state index in [1.165, 1.54) is 24.3 Å². The van der Waals surface area contributed by atoms with Gasteiger partial charge < -0.3 is 19.9 Å². The van der Waals surface area contributed by atoms with Crippen LogP contribution in [0.3, 0.4) is 0 Å². The highest BCUT2D eigenvalue weighted by molar-refractivity contribution is 7.11. The topological polar surface area (TPSA) is 113 Å². The quantitative estimate of drug-likeness (QED) is 0.486. The number of hydrogen-bond donors (Lipinski definition) is 2. The van der Waals surface area contributed by atoms with Crippen LogP contribution in [0.5, 0.6) is 0 Å². The number of aliphatic carboxylic acids is 1. The summed E-state index contributed by atoms with van der Waals surface area (Å²) in [6.45, 7) is 4.37. The highest BCUT2D eigenvalue weighted by Gasteiger charge is 2.46. The molecule has 5 rings (SSSR count). The van der Waals surface area contributed by atoms with Gasteiger partial charge in [-0.25, -0.2) is 18.6 Å². The smallest absolute Gasteiger partial charge is 0.338 e. The third kappa shape index (κ3) is 4.95. The minimum Gasteiger partial charge on any atom is -0.481 e. The van der Waals surface area contributed by atoms with Crippen LogP contribution in [-0.2, 0) is 19.1 Å². The summed E-state index contributed by atoms with van der Waals surface area (Å²) < 4.78 is 39.8. The van der Waals surface area contributed by atoms with Gasteiger partial charge in [0.1, 0.15) is 6.04 Å². The summed E-state index contributed by atoms with van der Waals surface area (Å²) >= 11 is 1.35. The Kier molecular flexibility index (Phi) is 7.55. The first kappa shape index (κ1) is 26.4. The van der Waals surface area contributed by atoms with Crippen LogP contribution in [-0.4, -0.2) is 71.2 Å². The lowest BCUT2D eigenvalue weighted by atomic mass is 9.91. The first-order chi connectivity index (χ1) is 18.3. The summed E-state index contributed by atoms with van der Waals surface area (Å²) in [5, 5.41) is 15.1. The Balaban J connectivity index is 1.60. The normalized spacial score (nSPS) is 25.2. The van der Waals surface area contributed by atoms with Gasteiger partial charge in [0.05, 0.1) is 25.4 Å². The third-order valence-electron chi connectivity index (χ3n) is 7.32. The molecule has 2 fully saturated rings. The number of fused-ring (bicyclic) bond motifs is 2. The molecule has 2 aromatic rings. The summed E-state index contributed by atoms with van der Waals surface area (Å²) in [6.07, 6.45) is 2.32. The van der Waals surface area contributed by atoms with Crippen molar-refractivity contribution in [2.24, 2.45) is 10.9 Å². The molecule has 1 aromatic carbocycles. The number of benzene rings is 1. The molecule has 2 bridgehead atoms. The van der Waals surface area contributed by atoms with E-state index in [9.17, 15) is 23.5 Å². The zero-order chi connectivity index (χ0) is 27.0. The van der Waals surface area contributed by atoms with Crippen LogP contribution in [0, 0.1) is 24.5 Å². The average Bonchev–Trinajstić information content (AvgIpc) is 3.47. The fourth-order valence-corrected chi connectivity index (χ4v) is 6.17. The van der Waals surface area contributed by atoms with Crippen LogP contribution < -0.4 is 5.32 Å². The van der Waals surface area contributed by atoms with E-state index >= 15 is 0 Å². The van der Waals surface area contributed by atoms with E-state index in [1.807, 2.05) is 0 Å². The molecule has 0 amide bonds. The number of morpholine rings is 1. The van der Waals surface area contributed by atoms with Crippen molar-refractivity contribution >= 4 is 29.1 Å². The second-order valence-electron chi connectivity index (χ2n) is 9.56. The molecule has 2 N–H and O–H groups in total. The maximum absolute atomic E-state index is 14.7.